The van der Waals surface area contributed by atoms with Crippen LogP contribution in [0.15, 0.2) is 34.9 Å². The van der Waals surface area contributed by atoms with Crippen LogP contribution in [0.1, 0.15) is 47.2 Å². The zero-order chi connectivity index (χ0) is 19.1. The number of ether oxygens (including phenoxy) is 4. The maximum Gasteiger partial charge on any atom is 0.341 e. The number of benzene rings is 1. The Labute approximate surface area is 151 Å². The van der Waals surface area contributed by atoms with Crippen molar-refractivity contribution in [3.63, 3.8) is 0 Å². The van der Waals surface area contributed by atoms with Gasteiger partial charge >= 0.3 is 11.9 Å². The van der Waals surface area contributed by atoms with Crippen LogP contribution in [0, 0.1) is 0 Å². The van der Waals surface area contributed by atoms with Gasteiger partial charge in [0.15, 0.2) is 23.9 Å². The lowest BCUT2D eigenvalue weighted by Gasteiger charge is -2.14. The molecule has 0 bridgehead atoms. The van der Waals surface area contributed by atoms with Crippen LogP contribution < -0.4 is 9.47 Å². The van der Waals surface area contributed by atoms with Crippen molar-refractivity contribution in [3.8, 4) is 11.5 Å². The molecule has 0 spiro atoms. The molecule has 0 amide bonds. The van der Waals surface area contributed by atoms with Crippen molar-refractivity contribution in [3.05, 3.63) is 47.4 Å². The van der Waals surface area contributed by atoms with Crippen molar-refractivity contribution >= 4 is 11.9 Å². The molecule has 0 atom stereocenters. The van der Waals surface area contributed by atoms with Gasteiger partial charge in [-0.15, -0.1) is 0 Å². The fourth-order valence-corrected chi connectivity index (χ4v) is 2.20. The summed E-state index contributed by atoms with van der Waals surface area (Å²) in [4.78, 5) is 24.1. The average Bonchev–Trinajstić information content (AvgIpc) is 3.08. The molecule has 0 radical (unpaired) electrons. The largest absolute Gasteiger partial charge is 0.493 e. The molecule has 0 fully saturated rings. The Morgan fingerprint density at radius 3 is 2.50 bits per heavy atom. The quantitative estimate of drug-likeness (QED) is 0.663. The summed E-state index contributed by atoms with van der Waals surface area (Å²) in [7, 11) is 1.49. The van der Waals surface area contributed by atoms with Crippen molar-refractivity contribution in [2.45, 2.75) is 33.5 Å². The van der Waals surface area contributed by atoms with Gasteiger partial charge in [0.05, 0.1) is 31.6 Å². The second kappa shape index (κ2) is 8.94. The van der Waals surface area contributed by atoms with Crippen LogP contribution in [0.5, 0.6) is 11.5 Å². The second-order valence-electron chi connectivity index (χ2n) is 5.59. The first-order valence-electron chi connectivity index (χ1n) is 8.21. The van der Waals surface area contributed by atoms with Crippen LogP contribution in [-0.4, -0.2) is 31.8 Å². The van der Waals surface area contributed by atoms with E-state index in [1.54, 1.807) is 19.1 Å². The number of carbonyl (C=O) groups excluding carboxylic acids is 2. The van der Waals surface area contributed by atoms with Gasteiger partial charge in [0.1, 0.15) is 5.56 Å². The molecular formula is C19H22O7. The van der Waals surface area contributed by atoms with E-state index in [0.717, 1.165) is 0 Å². The lowest BCUT2D eigenvalue weighted by atomic mass is 10.2. The van der Waals surface area contributed by atoms with Gasteiger partial charge in [0.25, 0.3) is 0 Å². The summed E-state index contributed by atoms with van der Waals surface area (Å²) in [5, 5.41) is 0. The van der Waals surface area contributed by atoms with Gasteiger partial charge < -0.3 is 23.4 Å². The van der Waals surface area contributed by atoms with Crippen molar-refractivity contribution in [1.29, 1.82) is 0 Å². The number of rotatable bonds is 8. The van der Waals surface area contributed by atoms with Crippen LogP contribution in [0.3, 0.4) is 0 Å². The molecule has 0 saturated heterocycles. The molecule has 0 aliphatic heterocycles. The van der Waals surface area contributed by atoms with E-state index < -0.39 is 11.9 Å². The van der Waals surface area contributed by atoms with Crippen molar-refractivity contribution in [2.24, 2.45) is 0 Å². The highest BCUT2D eigenvalue weighted by molar-refractivity contribution is 5.91. The monoisotopic (exact) mass is 362 g/mol. The summed E-state index contributed by atoms with van der Waals surface area (Å²) in [6.45, 7) is 5.55. The standard InChI is InChI=1S/C19H22O7/c1-5-23-19(21)14-8-9-24-17(14)11-25-18(20)13-6-7-15(26-12(2)3)16(10-13)22-4/h6-10,12H,5,11H2,1-4H3. The smallest absolute Gasteiger partial charge is 0.341 e. The van der Waals surface area contributed by atoms with Crippen molar-refractivity contribution in [2.75, 3.05) is 13.7 Å². The van der Waals surface area contributed by atoms with E-state index in [1.807, 2.05) is 13.8 Å². The van der Waals surface area contributed by atoms with E-state index >= 15 is 0 Å². The Balaban J connectivity index is 2.07. The molecule has 2 aromatic rings. The summed E-state index contributed by atoms with van der Waals surface area (Å²) < 4.78 is 26.2. The Hall–Kier alpha value is -2.96. The molecule has 26 heavy (non-hydrogen) atoms. The first kappa shape index (κ1) is 19.4. The molecule has 0 aliphatic carbocycles. The highest BCUT2D eigenvalue weighted by Gasteiger charge is 2.18. The molecule has 0 N–H and O–H groups in total. The topological polar surface area (TPSA) is 84.2 Å². The van der Waals surface area contributed by atoms with E-state index in [0.29, 0.717) is 17.1 Å². The van der Waals surface area contributed by atoms with Crippen LogP contribution >= 0.6 is 0 Å². The van der Waals surface area contributed by atoms with Gasteiger partial charge in [-0.05, 0) is 45.0 Å². The minimum Gasteiger partial charge on any atom is -0.493 e. The SMILES string of the molecule is CCOC(=O)c1ccoc1COC(=O)c1ccc(OC(C)C)c(OC)c1. The van der Waals surface area contributed by atoms with E-state index in [1.165, 1.54) is 25.5 Å². The number of carbonyl (C=O) groups is 2. The lowest BCUT2D eigenvalue weighted by molar-refractivity contribution is 0.0422. The van der Waals surface area contributed by atoms with Gasteiger partial charge in [-0.1, -0.05) is 0 Å². The predicted molar refractivity (Wildman–Crippen MR) is 92.5 cm³/mol. The summed E-state index contributed by atoms with van der Waals surface area (Å²) in [5.41, 5.74) is 0.528. The van der Waals surface area contributed by atoms with E-state index in [-0.39, 0.29) is 30.6 Å². The first-order valence-corrected chi connectivity index (χ1v) is 8.21. The molecule has 0 aliphatic rings. The molecule has 7 nitrogen and oxygen atoms in total. The Morgan fingerprint density at radius 1 is 1.08 bits per heavy atom. The minimum atomic E-state index is -0.578. The van der Waals surface area contributed by atoms with Crippen molar-refractivity contribution in [1.82, 2.24) is 0 Å². The van der Waals surface area contributed by atoms with Gasteiger partial charge in [0.2, 0.25) is 0 Å². The fraction of sp³-hybridized carbons (Fsp3) is 0.368. The first-order chi connectivity index (χ1) is 12.5. The summed E-state index contributed by atoms with van der Waals surface area (Å²) >= 11 is 0. The molecule has 1 aromatic carbocycles. The van der Waals surface area contributed by atoms with Crippen molar-refractivity contribution < 1.29 is 33.0 Å². The van der Waals surface area contributed by atoms with Gasteiger partial charge in [-0.25, -0.2) is 9.59 Å². The maximum absolute atomic E-state index is 12.3. The fourth-order valence-electron chi connectivity index (χ4n) is 2.20. The summed E-state index contributed by atoms with van der Waals surface area (Å²) in [6.07, 6.45) is 1.32. The van der Waals surface area contributed by atoms with E-state index in [4.69, 9.17) is 23.4 Å². The molecule has 7 heteroatoms. The number of hydrogen-bond donors (Lipinski definition) is 0. The maximum atomic E-state index is 12.3. The molecule has 0 unspecified atom stereocenters. The third-order valence-corrected chi connectivity index (χ3v) is 3.34. The lowest BCUT2D eigenvalue weighted by Crippen LogP contribution is -2.10. The van der Waals surface area contributed by atoms with Crippen LogP contribution in [0.2, 0.25) is 0 Å². The van der Waals surface area contributed by atoms with E-state index in [9.17, 15) is 9.59 Å². The van der Waals surface area contributed by atoms with E-state index in [2.05, 4.69) is 0 Å². The Bertz CT molecular complexity index is 761. The van der Waals surface area contributed by atoms with Crippen LogP contribution in [0.4, 0.5) is 0 Å². The Morgan fingerprint density at radius 2 is 1.85 bits per heavy atom. The molecule has 2 rings (SSSR count). The van der Waals surface area contributed by atoms with Gasteiger partial charge in [-0.3, -0.25) is 0 Å². The normalized spacial score (nSPS) is 10.5. The molecular weight excluding hydrogens is 340 g/mol. The zero-order valence-corrected chi connectivity index (χ0v) is 15.2. The molecule has 1 heterocycles. The Kier molecular flexibility index (Phi) is 6.66. The highest BCUT2D eigenvalue weighted by Crippen LogP contribution is 2.29. The minimum absolute atomic E-state index is 0.0260. The third-order valence-electron chi connectivity index (χ3n) is 3.34. The number of esters is 2. The third kappa shape index (κ3) is 4.78. The number of furan rings is 1. The number of hydrogen-bond acceptors (Lipinski definition) is 7. The van der Waals surface area contributed by atoms with Gasteiger partial charge in [0, 0.05) is 0 Å². The number of methoxy groups -OCH3 is 1. The average molecular weight is 362 g/mol. The van der Waals surface area contributed by atoms with Crippen LogP contribution in [0.25, 0.3) is 0 Å². The molecule has 1 aromatic heterocycles. The summed E-state index contributed by atoms with van der Waals surface area (Å²) in [5.74, 6) is 0.0892. The zero-order valence-electron chi connectivity index (χ0n) is 15.2. The summed E-state index contributed by atoms with van der Waals surface area (Å²) in [6, 6.07) is 6.24. The predicted octanol–water partition coefficient (Wildman–Crippen LogP) is 3.61. The second-order valence-corrected chi connectivity index (χ2v) is 5.59. The van der Waals surface area contributed by atoms with Crippen LogP contribution in [-0.2, 0) is 16.1 Å². The molecule has 140 valence electrons. The highest BCUT2D eigenvalue weighted by atomic mass is 16.5. The molecule has 0 saturated carbocycles. The van der Waals surface area contributed by atoms with Gasteiger partial charge in [-0.2, -0.15) is 0 Å².